The number of carbonyl (C=O) groups is 2. The number of furan rings is 1. The number of hydrogen-bond acceptors (Lipinski definition) is 5. The Morgan fingerprint density at radius 3 is 2.69 bits per heavy atom. The van der Waals surface area contributed by atoms with Crippen LogP contribution in [0.25, 0.3) is 10.6 Å². The molecule has 2 heterocycles. The molecule has 1 unspecified atom stereocenters. The van der Waals surface area contributed by atoms with Gasteiger partial charge >= 0.3 is 5.97 Å². The second-order valence-electron chi connectivity index (χ2n) is 6.12. The van der Waals surface area contributed by atoms with Crippen LogP contribution in [0.1, 0.15) is 35.7 Å². The van der Waals surface area contributed by atoms with Gasteiger partial charge < -0.3 is 19.2 Å². The molecule has 0 saturated heterocycles. The van der Waals surface area contributed by atoms with E-state index < -0.39 is 11.9 Å². The largest absolute Gasteiger partial charge is 0.481 e. The summed E-state index contributed by atoms with van der Waals surface area (Å²) in [4.78, 5) is 27.1. The highest BCUT2D eigenvalue weighted by atomic mass is 32.1. The smallest absolute Gasteiger partial charge is 0.308 e. The van der Waals surface area contributed by atoms with E-state index in [0.717, 1.165) is 16.4 Å². The number of rotatable bonds is 10. The molecule has 0 aliphatic rings. The molecule has 1 N–H and O–H groups in total. The van der Waals surface area contributed by atoms with Crippen molar-refractivity contribution in [3.8, 4) is 10.6 Å². The standard InChI is InChI=1S/C19H25NO5S/c1-4-24-11-5-10-20(12-13(2)19(22)23)18(21)17-9-8-16(26-17)15-7-6-14(3)25-15/h6-9,13H,4-5,10-12H2,1-3H3,(H,22,23). The molecule has 0 aliphatic carbocycles. The van der Waals surface area contributed by atoms with E-state index in [1.165, 1.54) is 11.3 Å². The minimum atomic E-state index is -0.912. The fraction of sp³-hybridized carbons (Fsp3) is 0.474. The molecular weight excluding hydrogens is 354 g/mol. The molecule has 0 radical (unpaired) electrons. The molecule has 7 heteroatoms. The lowest BCUT2D eigenvalue weighted by Crippen LogP contribution is -2.37. The van der Waals surface area contributed by atoms with E-state index in [1.54, 1.807) is 17.9 Å². The molecular formula is C19H25NO5S. The first-order valence-corrected chi connectivity index (χ1v) is 9.50. The minimum Gasteiger partial charge on any atom is -0.481 e. The van der Waals surface area contributed by atoms with Gasteiger partial charge in [0.25, 0.3) is 5.91 Å². The van der Waals surface area contributed by atoms with E-state index >= 15 is 0 Å². The van der Waals surface area contributed by atoms with Gasteiger partial charge in [-0.15, -0.1) is 11.3 Å². The van der Waals surface area contributed by atoms with Crippen molar-refractivity contribution in [3.63, 3.8) is 0 Å². The number of hydrogen-bond donors (Lipinski definition) is 1. The Bertz CT molecular complexity index is 736. The summed E-state index contributed by atoms with van der Waals surface area (Å²) in [6.45, 7) is 7.20. The number of nitrogens with zero attached hydrogens (tertiary/aromatic N) is 1. The van der Waals surface area contributed by atoms with E-state index in [1.807, 2.05) is 32.0 Å². The number of carbonyl (C=O) groups excluding carboxylic acids is 1. The van der Waals surface area contributed by atoms with Crippen molar-refractivity contribution in [1.82, 2.24) is 4.90 Å². The molecule has 142 valence electrons. The average molecular weight is 379 g/mol. The van der Waals surface area contributed by atoms with Crippen LogP contribution < -0.4 is 0 Å². The Morgan fingerprint density at radius 1 is 1.31 bits per heavy atom. The number of carboxylic acids is 1. The predicted octanol–water partition coefficient (Wildman–Crippen LogP) is 3.91. The lowest BCUT2D eigenvalue weighted by atomic mass is 10.1. The first-order chi connectivity index (χ1) is 12.4. The van der Waals surface area contributed by atoms with Gasteiger partial charge in [0.1, 0.15) is 11.5 Å². The molecule has 6 nitrogen and oxygen atoms in total. The van der Waals surface area contributed by atoms with Gasteiger partial charge in [0.05, 0.1) is 15.7 Å². The van der Waals surface area contributed by atoms with Gasteiger partial charge in [0, 0.05) is 26.3 Å². The summed E-state index contributed by atoms with van der Waals surface area (Å²) in [6, 6.07) is 7.38. The maximum Gasteiger partial charge on any atom is 0.308 e. The third-order valence-electron chi connectivity index (χ3n) is 3.92. The van der Waals surface area contributed by atoms with Crippen LogP contribution in [-0.4, -0.2) is 48.2 Å². The maximum atomic E-state index is 12.9. The Labute approximate surface area is 157 Å². The van der Waals surface area contributed by atoms with Crippen LogP contribution in [0.3, 0.4) is 0 Å². The highest BCUT2D eigenvalue weighted by Crippen LogP contribution is 2.30. The summed E-state index contributed by atoms with van der Waals surface area (Å²) in [7, 11) is 0. The van der Waals surface area contributed by atoms with Gasteiger partial charge in [-0.2, -0.15) is 0 Å². The first-order valence-electron chi connectivity index (χ1n) is 8.68. The monoisotopic (exact) mass is 379 g/mol. The summed E-state index contributed by atoms with van der Waals surface area (Å²) in [5, 5.41) is 9.18. The number of carboxylic acid groups (broad SMARTS) is 1. The van der Waals surface area contributed by atoms with E-state index in [0.29, 0.717) is 31.1 Å². The third-order valence-corrected chi connectivity index (χ3v) is 5.01. The fourth-order valence-electron chi connectivity index (χ4n) is 2.49. The summed E-state index contributed by atoms with van der Waals surface area (Å²) >= 11 is 1.35. The van der Waals surface area contributed by atoms with E-state index in [2.05, 4.69) is 0 Å². The van der Waals surface area contributed by atoms with E-state index in [9.17, 15) is 14.7 Å². The van der Waals surface area contributed by atoms with Crippen molar-refractivity contribution in [2.45, 2.75) is 27.2 Å². The van der Waals surface area contributed by atoms with Gasteiger partial charge in [-0.05, 0) is 44.5 Å². The van der Waals surface area contributed by atoms with Crippen LogP contribution in [0.4, 0.5) is 0 Å². The zero-order chi connectivity index (χ0) is 19.1. The van der Waals surface area contributed by atoms with Gasteiger partial charge in [-0.1, -0.05) is 6.92 Å². The Kier molecular flexibility index (Phi) is 7.41. The van der Waals surface area contributed by atoms with Gasteiger partial charge in [0.15, 0.2) is 0 Å². The molecule has 0 aliphatic heterocycles. The number of ether oxygens (including phenoxy) is 1. The van der Waals surface area contributed by atoms with Crippen molar-refractivity contribution >= 4 is 23.2 Å². The van der Waals surface area contributed by atoms with Gasteiger partial charge in [0.2, 0.25) is 0 Å². The van der Waals surface area contributed by atoms with Crippen LogP contribution in [0.5, 0.6) is 0 Å². The average Bonchev–Trinajstić information content (AvgIpc) is 3.25. The molecule has 26 heavy (non-hydrogen) atoms. The third kappa shape index (κ3) is 5.44. The van der Waals surface area contributed by atoms with E-state index in [4.69, 9.17) is 9.15 Å². The van der Waals surface area contributed by atoms with Crippen molar-refractivity contribution in [3.05, 3.63) is 34.9 Å². The molecule has 2 aromatic rings. The highest BCUT2D eigenvalue weighted by molar-refractivity contribution is 7.17. The number of amides is 1. The molecule has 0 saturated carbocycles. The molecule has 2 aromatic heterocycles. The Balaban J connectivity index is 2.11. The Hall–Kier alpha value is -2.12. The topological polar surface area (TPSA) is 80.0 Å². The lowest BCUT2D eigenvalue weighted by molar-refractivity contribution is -0.141. The van der Waals surface area contributed by atoms with Crippen LogP contribution in [0.15, 0.2) is 28.7 Å². The van der Waals surface area contributed by atoms with Gasteiger partial charge in [-0.3, -0.25) is 9.59 Å². The van der Waals surface area contributed by atoms with Crippen LogP contribution in [0, 0.1) is 12.8 Å². The first kappa shape index (κ1) is 20.2. The molecule has 0 spiro atoms. The normalized spacial score (nSPS) is 12.1. The van der Waals surface area contributed by atoms with Crippen molar-refractivity contribution in [2.75, 3.05) is 26.3 Å². The van der Waals surface area contributed by atoms with Crippen LogP contribution in [0.2, 0.25) is 0 Å². The number of aliphatic carboxylic acids is 1. The molecule has 0 aromatic carbocycles. The molecule has 0 bridgehead atoms. The quantitative estimate of drug-likeness (QED) is 0.633. The number of thiophene rings is 1. The molecule has 0 fully saturated rings. The minimum absolute atomic E-state index is 0.158. The van der Waals surface area contributed by atoms with Crippen LogP contribution in [-0.2, 0) is 9.53 Å². The maximum absolute atomic E-state index is 12.9. The molecule has 2 rings (SSSR count). The zero-order valence-corrected chi connectivity index (χ0v) is 16.2. The lowest BCUT2D eigenvalue weighted by Gasteiger charge is -2.24. The highest BCUT2D eigenvalue weighted by Gasteiger charge is 2.23. The Morgan fingerprint density at radius 2 is 2.08 bits per heavy atom. The second-order valence-corrected chi connectivity index (χ2v) is 7.20. The van der Waals surface area contributed by atoms with Crippen LogP contribution >= 0.6 is 11.3 Å². The fourth-order valence-corrected chi connectivity index (χ4v) is 3.43. The predicted molar refractivity (Wildman–Crippen MR) is 101 cm³/mol. The van der Waals surface area contributed by atoms with E-state index in [-0.39, 0.29) is 12.5 Å². The molecule has 1 amide bonds. The summed E-state index contributed by atoms with van der Waals surface area (Å²) in [6.07, 6.45) is 0.668. The summed E-state index contributed by atoms with van der Waals surface area (Å²) in [5.74, 6) is -0.152. The molecule has 1 atom stereocenters. The summed E-state index contributed by atoms with van der Waals surface area (Å²) in [5.41, 5.74) is 0. The SMILES string of the molecule is CCOCCCN(CC(C)C(=O)O)C(=O)c1ccc(-c2ccc(C)o2)s1. The van der Waals surface area contributed by atoms with Gasteiger partial charge in [-0.25, -0.2) is 0 Å². The number of aryl methyl sites for hydroxylation is 1. The van der Waals surface area contributed by atoms with Crippen molar-refractivity contribution in [2.24, 2.45) is 5.92 Å². The van der Waals surface area contributed by atoms with Crippen molar-refractivity contribution in [1.29, 1.82) is 0 Å². The van der Waals surface area contributed by atoms with Crippen molar-refractivity contribution < 1.29 is 23.8 Å². The second kappa shape index (κ2) is 9.54. The summed E-state index contributed by atoms with van der Waals surface area (Å²) < 4.78 is 10.9. The zero-order valence-electron chi connectivity index (χ0n) is 15.4.